The molecule has 31 heavy (non-hydrogen) atoms. The van der Waals surface area contributed by atoms with Crippen LogP contribution in [-0.2, 0) is 9.53 Å². The number of amidine groups is 1. The molecule has 1 saturated carbocycles. The number of nitrogens with two attached hydrogens (primary N) is 1. The number of nitrogens with zero attached hydrogens (tertiary/aromatic N) is 3. The second-order valence-electron chi connectivity index (χ2n) is 7.90. The monoisotopic (exact) mass is 424 g/mol. The van der Waals surface area contributed by atoms with Crippen LogP contribution < -0.4 is 16.0 Å². The lowest BCUT2D eigenvalue weighted by molar-refractivity contribution is -0.146. The first-order chi connectivity index (χ1) is 14.8. The van der Waals surface area contributed by atoms with Crippen LogP contribution in [0.15, 0.2) is 30.3 Å². The Kier molecular flexibility index (Phi) is 6.84. The van der Waals surface area contributed by atoms with Gasteiger partial charge in [0.15, 0.2) is 5.82 Å². The third kappa shape index (κ3) is 5.17. The minimum Gasteiger partial charge on any atom is -0.469 e. The zero-order valence-corrected chi connectivity index (χ0v) is 18.0. The fourth-order valence-electron chi connectivity index (χ4n) is 3.75. The molecule has 0 aliphatic heterocycles. The van der Waals surface area contributed by atoms with Gasteiger partial charge in [0, 0.05) is 31.3 Å². The lowest BCUT2D eigenvalue weighted by atomic mass is 9.86. The van der Waals surface area contributed by atoms with Crippen molar-refractivity contribution < 1.29 is 14.3 Å². The zero-order chi connectivity index (χ0) is 22.5. The predicted molar refractivity (Wildman–Crippen MR) is 118 cm³/mol. The van der Waals surface area contributed by atoms with E-state index in [2.05, 4.69) is 15.5 Å². The minimum absolute atomic E-state index is 0.00474. The Bertz CT molecular complexity index is 966. The van der Waals surface area contributed by atoms with Gasteiger partial charge in [0.05, 0.1) is 24.3 Å². The molecule has 0 atom stereocenters. The average Bonchev–Trinajstić information content (AvgIpc) is 2.78. The topological polar surface area (TPSA) is 134 Å². The standard InChI is InChI=1S/C22H28N6O3/c1-28(2)20-17(21(29)25-16-10-8-15(9-11-16)22(30)31-3)12-18(26-27-20)13-4-6-14(7-5-13)19(23)24/h4-7,12,15-16H,8-11H2,1-3H3,(H3,23,24)(H,25,29). The van der Waals surface area contributed by atoms with Gasteiger partial charge in [-0.05, 0) is 31.7 Å². The van der Waals surface area contributed by atoms with Gasteiger partial charge in [-0.15, -0.1) is 10.2 Å². The number of hydrogen-bond acceptors (Lipinski definition) is 7. The van der Waals surface area contributed by atoms with Crippen LogP contribution in [0.25, 0.3) is 11.3 Å². The molecule has 0 spiro atoms. The molecule has 3 rings (SSSR count). The molecule has 1 amide bonds. The maximum atomic E-state index is 13.1. The Hall–Kier alpha value is -3.49. The van der Waals surface area contributed by atoms with Gasteiger partial charge < -0.3 is 20.7 Å². The number of amides is 1. The van der Waals surface area contributed by atoms with E-state index in [-0.39, 0.29) is 29.7 Å². The number of carbonyl (C=O) groups excluding carboxylic acids is 2. The predicted octanol–water partition coefficient (Wildman–Crippen LogP) is 1.96. The van der Waals surface area contributed by atoms with E-state index in [0.717, 1.165) is 18.4 Å². The van der Waals surface area contributed by atoms with Gasteiger partial charge in [-0.3, -0.25) is 15.0 Å². The summed E-state index contributed by atoms with van der Waals surface area (Å²) in [4.78, 5) is 26.6. The number of anilines is 1. The van der Waals surface area contributed by atoms with Gasteiger partial charge in [0.25, 0.3) is 5.91 Å². The van der Waals surface area contributed by atoms with Gasteiger partial charge in [-0.2, -0.15) is 0 Å². The maximum Gasteiger partial charge on any atom is 0.308 e. The second kappa shape index (κ2) is 9.55. The molecule has 0 saturated heterocycles. The fraction of sp³-hybridized carbons (Fsp3) is 0.409. The Balaban J connectivity index is 1.79. The second-order valence-corrected chi connectivity index (χ2v) is 7.90. The normalized spacial score (nSPS) is 18.2. The van der Waals surface area contributed by atoms with Crippen LogP contribution in [0.1, 0.15) is 41.6 Å². The summed E-state index contributed by atoms with van der Waals surface area (Å²) in [7, 11) is 5.02. The van der Waals surface area contributed by atoms with Crippen LogP contribution in [0.4, 0.5) is 5.82 Å². The summed E-state index contributed by atoms with van der Waals surface area (Å²) in [6, 6.07) is 8.78. The largest absolute Gasteiger partial charge is 0.469 e. The molecule has 164 valence electrons. The summed E-state index contributed by atoms with van der Waals surface area (Å²) in [5.74, 6) is -0.0322. The Morgan fingerprint density at radius 1 is 1.13 bits per heavy atom. The highest BCUT2D eigenvalue weighted by atomic mass is 16.5. The smallest absolute Gasteiger partial charge is 0.308 e. The number of benzene rings is 1. The van der Waals surface area contributed by atoms with E-state index in [4.69, 9.17) is 15.9 Å². The van der Waals surface area contributed by atoms with E-state index in [9.17, 15) is 9.59 Å². The summed E-state index contributed by atoms with van der Waals surface area (Å²) in [5, 5.41) is 19.1. The van der Waals surface area contributed by atoms with E-state index >= 15 is 0 Å². The van der Waals surface area contributed by atoms with Crippen molar-refractivity contribution in [3.63, 3.8) is 0 Å². The summed E-state index contributed by atoms with van der Waals surface area (Å²) in [5.41, 5.74) is 7.89. The van der Waals surface area contributed by atoms with Gasteiger partial charge in [-0.25, -0.2) is 0 Å². The van der Waals surface area contributed by atoms with Crippen molar-refractivity contribution >= 4 is 23.5 Å². The molecule has 1 aromatic heterocycles. The third-order valence-electron chi connectivity index (χ3n) is 5.53. The quantitative estimate of drug-likeness (QED) is 0.366. The van der Waals surface area contributed by atoms with Crippen LogP contribution in [0.5, 0.6) is 0 Å². The molecular formula is C22H28N6O3. The number of hydrogen-bond donors (Lipinski definition) is 3. The van der Waals surface area contributed by atoms with E-state index in [0.29, 0.717) is 35.5 Å². The Labute approximate surface area is 181 Å². The zero-order valence-electron chi connectivity index (χ0n) is 18.0. The van der Waals surface area contributed by atoms with Crippen molar-refractivity contribution in [2.75, 3.05) is 26.1 Å². The number of nitrogen functional groups attached to an aromatic ring is 1. The number of esters is 1. The van der Waals surface area contributed by atoms with Crippen molar-refractivity contribution in [3.05, 3.63) is 41.5 Å². The summed E-state index contributed by atoms with van der Waals surface area (Å²) >= 11 is 0. The number of methoxy groups -OCH3 is 1. The van der Waals surface area contributed by atoms with E-state index < -0.39 is 0 Å². The molecule has 0 unspecified atom stereocenters. The number of ether oxygens (including phenoxy) is 1. The fourth-order valence-corrected chi connectivity index (χ4v) is 3.75. The first-order valence-electron chi connectivity index (χ1n) is 10.2. The van der Waals surface area contributed by atoms with Crippen LogP contribution in [0.3, 0.4) is 0 Å². The first kappa shape index (κ1) is 22.2. The summed E-state index contributed by atoms with van der Waals surface area (Å²) in [6.07, 6.45) is 2.84. The maximum absolute atomic E-state index is 13.1. The van der Waals surface area contributed by atoms with Gasteiger partial charge in [0.2, 0.25) is 0 Å². The highest BCUT2D eigenvalue weighted by Gasteiger charge is 2.28. The van der Waals surface area contributed by atoms with Crippen molar-refractivity contribution in [2.24, 2.45) is 11.7 Å². The SMILES string of the molecule is COC(=O)C1CCC(NC(=O)c2cc(-c3ccc(C(=N)N)cc3)nnc2N(C)C)CC1. The minimum atomic E-state index is -0.221. The highest BCUT2D eigenvalue weighted by molar-refractivity contribution is 6.00. The highest BCUT2D eigenvalue weighted by Crippen LogP contribution is 2.27. The third-order valence-corrected chi connectivity index (χ3v) is 5.53. The molecule has 0 bridgehead atoms. The molecule has 1 aliphatic carbocycles. The lowest BCUT2D eigenvalue weighted by Crippen LogP contribution is -2.39. The average molecular weight is 425 g/mol. The molecule has 1 heterocycles. The lowest BCUT2D eigenvalue weighted by Gasteiger charge is -2.28. The van der Waals surface area contributed by atoms with E-state index in [1.165, 1.54) is 7.11 Å². The molecule has 1 fully saturated rings. The van der Waals surface area contributed by atoms with Crippen LogP contribution in [0.2, 0.25) is 0 Å². The van der Waals surface area contributed by atoms with Gasteiger partial charge in [-0.1, -0.05) is 24.3 Å². The number of rotatable bonds is 6. The molecule has 9 heteroatoms. The number of aromatic nitrogens is 2. The molecule has 9 nitrogen and oxygen atoms in total. The molecule has 2 aromatic rings. The van der Waals surface area contributed by atoms with Crippen molar-refractivity contribution in [1.82, 2.24) is 15.5 Å². The summed E-state index contributed by atoms with van der Waals surface area (Å²) in [6.45, 7) is 0. The molecule has 1 aliphatic rings. The van der Waals surface area contributed by atoms with Crippen molar-refractivity contribution in [3.8, 4) is 11.3 Å². The molecule has 1 aromatic carbocycles. The van der Waals surface area contributed by atoms with E-state index in [1.54, 1.807) is 35.2 Å². The number of carbonyl (C=O) groups is 2. The van der Waals surface area contributed by atoms with Gasteiger partial charge >= 0.3 is 5.97 Å². The number of nitrogens with one attached hydrogen (secondary N) is 2. The summed E-state index contributed by atoms with van der Waals surface area (Å²) < 4.78 is 4.83. The molecular weight excluding hydrogens is 396 g/mol. The van der Waals surface area contributed by atoms with Crippen LogP contribution >= 0.6 is 0 Å². The van der Waals surface area contributed by atoms with Gasteiger partial charge in [0.1, 0.15) is 5.84 Å². The van der Waals surface area contributed by atoms with Crippen LogP contribution in [0, 0.1) is 11.3 Å². The molecule has 0 radical (unpaired) electrons. The Morgan fingerprint density at radius 2 is 1.77 bits per heavy atom. The Morgan fingerprint density at radius 3 is 2.32 bits per heavy atom. The first-order valence-corrected chi connectivity index (χ1v) is 10.2. The molecule has 4 N–H and O–H groups in total. The van der Waals surface area contributed by atoms with Crippen molar-refractivity contribution in [2.45, 2.75) is 31.7 Å². The van der Waals surface area contributed by atoms with E-state index in [1.807, 2.05) is 14.1 Å². The van der Waals surface area contributed by atoms with Crippen LogP contribution in [-0.4, -0.2) is 55.2 Å². The van der Waals surface area contributed by atoms with Crippen molar-refractivity contribution in [1.29, 1.82) is 5.41 Å².